The van der Waals surface area contributed by atoms with E-state index in [0.717, 1.165) is 31.7 Å². The third-order valence-electron chi connectivity index (χ3n) is 4.23. The quantitative estimate of drug-likeness (QED) is 0.817. The molecule has 1 N–H and O–H groups in total. The molecule has 1 aromatic heterocycles. The van der Waals surface area contributed by atoms with Gasteiger partial charge >= 0.3 is 5.97 Å². The van der Waals surface area contributed by atoms with Gasteiger partial charge in [0.05, 0.1) is 18.4 Å². The second-order valence-electron chi connectivity index (χ2n) is 6.06. The molecule has 1 aliphatic rings. The Bertz CT molecular complexity index is 721. The number of rotatable bonds is 6. The highest BCUT2D eigenvalue weighted by Crippen LogP contribution is 2.19. The fourth-order valence-corrected chi connectivity index (χ4v) is 2.88. The van der Waals surface area contributed by atoms with E-state index in [-0.39, 0.29) is 5.91 Å². The van der Waals surface area contributed by atoms with Gasteiger partial charge in [-0.15, -0.1) is 0 Å². The van der Waals surface area contributed by atoms with Gasteiger partial charge in [-0.3, -0.25) is 4.79 Å². The first-order valence-electron chi connectivity index (χ1n) is 8.50. The Morgan fingerprint density at radius 3 is 2.68 bits per heavy atom. The number of furan rings is 1. The van der Waals surface area contributed by atoms with Crippen LogP contribution in [0.4, 0.5) is 5.69 Å². The number of nitrogens with zero attached hydrogens (tertiary/aromatic N) is 1. The van der Waals surface area contributed by atoms with E-state index in [1.807, 2.05) is 18.2 Å². The Morgan fingerprint density at radius 1 is 1.20 bits per heavy atom. The molecule has 1 amide bonds. The van der Waals surface area contributed by atoms with Gasteiger partial charge in [0.1, 0.15) is 5.76 Å². The van der Waals surface area contributed by atoms with Crippen LogP contribution in [-0.2, 0) is 16.1 Å². The Hall–Kier alpha value is -2.76. The number of hydrogen-bond donors (Lipinski definition) is 1. The molecule has 6 nitrogen and oxygen atoms in total. The van der Waals surface area contributed by atoms with Crippen molar-refractivity contribution in [1.29, 1.82) is 0 Å². The molecule has 1 aliphatic heterocycles. The van der Waals surface area contributed by atoms with Gasteiger partial charge in [-0.2, -0.15) is 0 Å². The smallest absolute Gasteiger partial charge is 0.341 e. The standard InChI is InChI=1S/C19H22N2O4/c1-14(18(22)21-10-4-5-11-21)25-19(23)16-8-2-3-9-17(16)20-13-15-7-6-12-24-15/h2-3,6-9,12,14,20H,4-5,10-11,13H2,1H3. The van der Waals surface area contributed by atoms with Crippen LogP contribution in [0, 0.1) is 0 Å². The van der Waals surface area contributed by atoms with Gasteiger partial charge in [-0.25, -0.2) is 4.79 Å². The summed E-state index contributed by atoms with van der Waals surface area (Å²) in [6, 6.07) is 10.7. The lowest BCUT2D eigenvalue weighted by molar-refractivity contribution is -0.138. The summed E-state index contributed by atoms with van der Waals surface area (Å²) in [6.07, 6.45) is 2.82. The first-order valence-corrected chi connectivity index (χ1v) is 8.50. The largest absolute Gasteiger partial charge is 0.467 e. The van der Waals surface area contributed by atoms with Gasteiger partial charge in [0.15, 0.2) is 6.10 Å². The van der Waals surface area contributed by atoms with E-state index in [9.17, 15) is 9.59 Å². The summed E-state index contributed by atoms with van der Waals surface area (Å²) in [7, 11) is 0. The monoisotopic (exact) mass is 342 g/mol. The van der Waals surface area contributed by atoms with E-state index in [1.165, 1.54) is 0 Å². The predicted octanol–water partition coefficient (Wildman–Crippen LogP) is 3.06. The molecule has 25 heavy (non-hydrogen) atoms. The Morgan fingerprint density at radius 2 is 1.96 bits per heavy atom. The van der Waals surface area contributed by atoms with E-state index in [0.29, 0.717) is 17.8 Å². The molecule has 1 saturated heterocycles. The van der Waals surface area contributed by atoms with Crippen LogP contribution in [-0.4, -0.2) is 36.0 Å². The SMILES string of the molecule is CC(OC(=O)c1ccccc1NCc1ccco1)C(=O)N1CCCC1. The van der Waals surface area contributed by atoms with Gasteiger partial charge in [0.2, 0.25) is 0 Å². The molecule has 0 radical (unpaired) electrons. The fourth-order valence-electron chi connectivity index (χ4n) is 2.88. The molecule has 1 fully saturated rings. The van der Waals surface area contributed by atoms with Crippen molar-refractivity contribution in [2.45, 2.75) is 32.4 Å². The van der Waals surface area contributed by atoms with Crippen molar-refractivity contribution in [3.63, 3.8) is 0 Å². The zero-order chi connectivity index (χ0) is 17.6. The normalized spacial score (nSPS) is 15.0. The number of carbonyl (C=O) groups is 2. The molecule has 0 saturated carbocycles. The molecule has 1 aromatic carbocycles. The second-order valence-corrected chi connectivity index (χ2v) is 6.06. The minimum Gasteiger partial charge on any atom is -0.467 e. The molecule has 3 rings (SSSR count). The zero-order valence-corrected chi connectivity index (χ0v) is 14.2. The maximum atomic E-state index is 12.5. The van der Waals surface area contributed by atoms with E-state index >= 15 is 0 Å². The number of amides is 1. The van der Waals surface area contributed by atoms with Crippen LogP contribution < -0.4 is 5.32 Å². The van der Waals surface area contributed by atoms with Gasteiger partial charge in [-0.1, -0.05) is 12.1 Å². The van der Waals surface area contributed by atoms with E-state index < -0.39 is 12.1 Å². The number of hydrogen-bond acceptors (Lipinski definition) is 5. The highest BCUT2D eigenvalue weighted by atomic mass is 16.5. The molecule has 1 atom stereocenters. The lowest BCUT2D eigenvalue weighted by Gasteiger charge is -2.21. The molecule has 6 heteroatoms. The molecule has 0 aliphatic carbocycles. The number of ether oxygens (including phenoxy) is 1. The van der Waals surface area contributed by atoms with Crippen molar-refractivity contribution in [2.24, 2.45) is 0 Å². The fraction of sp³-hybridized carbons (Fsp3) is 0.368. The van der Waals surface area contributed by atoms with Crippen LogP contribution in [0.15, 0.2) is 47.1 Å². The van der Waals surface area contributed by atoms with E-state index in [4.69, 9.17) is 9.15 Å². The lowest BCUT2D eigenvalue weighted by atomic mass is 10.1. The van der Waals surface area contributed by atoms with Gasteiger partial charge < -0.3 is 19.4 Å². The van der Waals surface area contributed by atoms with Crippen molar-refractivity contribution >= 4 is 17.6 Å². The molecular weight excluding hydrogens is 320 g/mol. The molecule has 2 aromatic rings. The number of benzene rings is 1. The molecule has 1 unspecified atom stereocenters. The van der Waals surface area contributed by atoms with Gasteiger partial charge in [0.25, 0.3) is 5.91 Å². The number of carbonyl (C=O) groups excluding carboxylic acids is 2. The van der Waals surface area contributed by atoms with Crippen molar-refractivity contribution in [3.8, 4) is 0 Å². The Labute approximate surface area is 146 Å². The molecule has 0 spiro atoms. The van der Waals surface area contributed by atoms with Gasteiger partial charge in [0, 0.05) is 18.8 Å². The van der Waals surface area contributed by atoms with Crippen molar-refractivity contribution in [3.05, 3.63) is 54.0 Å². The number of likely N-dealkylation sites (tertiary alicyclic amines) is 1. The lowest BCUT2D eigenvalue weighted by Crippen LogP contribution is -2.38. The maximum absolute atomic E-state index is 12.5. The third-order valence-corrected chi connectivity index (χ3v) is 4.23. The number of para-hydroxylation sites is 1. The highest BCUT2D eigenvalue weighted by molar-refractivity contribution is 5.97. The molecule has 2 heterocycles. The van der Waals surface area contributed by atoms with Crippen LogP contribution in [0.25, 0.3) is 0 Å². The minimum atomic E-state index is -0.788. The summed E-state index contributed by atoms with van der Waals surface area (Å²) in [6.45, 7) is 3.56. The Balaban J connectivity index is 1.64. The number of esters is 1. The topological polar surface area (TPSA) is 71.8 Å². The van der Waals surface area contributed by atoms with Crippen LogP contribution >= 0.6 is 0 Å². The molecule has 0 bridgehead atoms. The van der Waals surface area contributed by atoms with E-state index in [1.54, 1.807) is 36.3 Å². The number of anilines is 1. The first kappa shape index (κ1) is 17.1. The average molecular weight is 342 g/mol. The van der Waals surface area contributed by atoms with Crippen molar-refractivity contribution in [1.82, 2.24) is 4.90 Å². The predicted molar refractivity (Wildman–Crippen MR) is 93.2 cm³/mol. The van der Waals surface area contributed by atoms with Crippen LogP contribution in [0.5, 0.6) is 0 Å². The summed E-state index contributed by atoms with van der Waals surface area (Å²) in [4.78, 5) is 26.5. The van der Waals surface area contributed by atoms with Gasteiger partial charge in [-0.05, 0) is 44.0 Å². The number of nitrogens with one attached hydrogen (secondary N) is 1. The first-order chi connectivity index (χ1) is 12.1. The minimum absolute atomic E-state index is 0.133. The van der Waals surface area contributed by atoms with E-state index in [2.05, 4.69) is 5.32 Å². The third kappa shape index (κ3) is 4.21. The summed E-state index contributed by atoms with van der Waals surface area (Å²) in [5.41, 5.74) is 1.04. The second kappa shape index (κ2) is 7.88. The van der Waals surface area contributed by atoms with Crippen LogP contribution in [0.3, 0.4) is 0 Å². The van der Waals surface area contributed by atoms with Crippen LogP contribution in [0.2, 0.25) is 0 Å². The summed E-state index contributed by atoms with van der Waals surface area (Å²) < 4.78 is 10.7. The summed E-state index contributed by atoms with van der Waals surface area (Å²) >= 11 is 0. The average Bonchev–Trinajstić information content (AvgIpc) is 3.33. The highest BCUT2D eigenvalue weighted by Gasteiger charge is 2.26. The maximum Gasteiger partial charge on any atom is 0.341 e. The van der Waals surface area contributed by atoms with Crippen LogP contribution in [0.1, 0.15) is 35.9 Å². The zero-order valence-electron chi connectivity index (χ0n) is 14.2. The van der Waals surface area contributed by atoms with Crippen molar-refractivity contribution in [2.75, 3.05) is 18.4 Å². The molecular formula is C19H22N2O4. The summed E-state index contributed by atoms with van der Waals surface area (Å²) in [5, 5.41) is 3.16. The van der Waals surface area contributed by atoms with Crippen molar-refractivity contribution < 1.29 is 18.7 Å². The molecule has 132 valence electrons. The summed E-state index contributed by atoms with van der Waals surface area (Å²) in [5.74, 6) is 0.121. The Kier molecular flexibility index (Phi) is 5.38.